The summed E-state index contributed by atoms with van der Waals surface area (Å²) in [7, 11) is 1.58. The number of amides is 1. The van der Waals surface area contributed by atoms with Crippen molar-refractivity contribution in [2.45, 2.75) is 19.8 Å². The molecule has 116 valence electrons. The molecule has 1 aromatic rings. The number of carbonyl (C=O) groups is 1. The van der Waals surface area contributed by atoms with Crippen LogP contribution in [-0.2, 0) is 4.79 Å². The number of methoxy groups -OCH3 is 1. The van der Waals surface area contributed by atoms with Crippen molar-refractivity contribution in [3.63, 3.8) is 0 Å². The Hall–Kier alpha value is -2.01. The van der Waals surface area contributed by atoms with Gasteiger partial charge in [0.1, 0.15) is 0 Å². The second-order valence-electron chi connectivity index (χ2n) is 4.54. The molecule has 0 unspecified atom stereocenters. The van der Waals surface area contributed by atoms with E-state index in [1.54, 1.807) is 13.2 Å². The van der Waals surface area contributed by atoms with Gasteiger partial charge in [-0.1, -0.05) is 18.2 Å². The van der Waals surface area contributed by atoms with Crippen molar-refractivity contribution < 1.29 is 14.3 Å². The van der Waals surface area contributed by atoms with Gasteiger partial charge in [0.15, 0.2) is 18.1 Å². The molecule has 0 aromatic heterocycles. The highest BCUT2D eigenvalue weighted by molar-refractivity contribution is 5.77. The van der Waals surface area contributed by atoms with E-state index in [0.29, 0.717) is 24.6 Å². The van der Waals surface area contributed by atoms with Crippen molar-refractivity contribution in [3.8, 4) is 11.5 Å². The molecule has 0 saturated heterocycles. The zero-order valence-corrected chi connectivity index (χ0v) is 12.7. The Bertz CT molecular complexity index is 473. The molecule has 5 heteroatoms. The predicted molar refractivity (Wildman–Crippen MR) is 84.5 cm³/mol. The van der Waals surface area contributed by atoms with E-state index in [1.807, 2.05) is 31.2 Å². The van der Waals surface area contributed by atoms with Crippen molar-refractivity contribution in [1.29, 1.82) is 0 Å². The third-order valence-electron chi connectivity index (χ3n) is 2.86. The summed E-state index contributed by atoms with van der Waals surface area (Å²) in [4.78, 5) is 11.6. The summed E-state index contributed by atoms with van der Waals surface area (Å²) >= 11 is 0. The van der Waals surface area contributed by atoms with Crippen molar-refractivity contribution in [3.05, 3.63) is 29.8 Å². The topological polar surface area (TPSA) is 73.6 Å². The van der Waals surface area contributed by atoms with Gasteiger partial charge in [0, 0.05) is 6.54 Å². The smallest absolute Gasteiger partial charge is 0.257 e. The molecule has 0 bridgehead atoms. The van der Waals surface area contributed by atoms with Gasteiger partial charge in [0.2, 0.25) is 0 Å². The van der Waals surface area contributed by atoms with E-state index in [1.165, 1.54) is 0 Å². The molecular formula is C16H24N2O3. The Morgan fingerprint density at radius 2 is 2.14 bits per heavy atom. The van der Waals surface area contributed by atoms with Crippen LogP contribution in [0, 0.1) is 0 Å². The SMILES string of the molecule is C/C=C/c1ccc(OCC(=O)NCCCCN)c(OC)c1. The Kier molecular flexibility index (Phi) is 7.97. The maximum Gasteiger partial charge on any atom is 0.257 e. The van der Waals surface area contributed by atoms with Gasteiger partial charge < -0.3 is 20.5 Å². The molecule has 0 saturated carbocycles. The van der Waals surface area contributed by atoms with Crippen LogP contribution in [-0.4, -0.2) is 32.7 Å². The fourth-order valence-corrected chi connectivity index (χ4v) is 1.79. The summed E-state index contributed by atoms with van der Waals surface area (Å²) in [6, 6.07) is 5.58. The average Bonchev–Trinajstić information content (AvgIpc) is 2.50. The second kappa shape index (κ2) is 9.83. The zero-order valence-electron chi connectivity index (χ0n) is 12.7. The van der Waals surface area contributed by atoms with Crippen LogP contribution in [0.1, 0.15) is 25.3 Å². The van der Waals surface area contributed by atoms with Crippen molar-refractivity contribution in [2.75, 3.05) is 26.8 Å². The first kappa shape index (κ1) is 17.0. The van der Waals surface area contributed by atoms with Crippen LogP contribution >= 0.6 is 0 Å². The normalized spacial score (nSPS) is 10.6. The molecule has 5 nitrogen and oxygen atoms in total. The molecule has 0 aliphatic heterocycles. The summed E-state index contributed by atoms with van der Waals surface area (Å²) in [6.45, 7) is 3.19. The summed E-state index contributed by atoms with van der Waals surface area (Å²) in [5, 5.41) is 2.79. The number of ether oxygens (including phenoxy) is 2. The number of nitrogens with one attached hydrogen (secondary N) is 1. The maximum absolute atomic E-state index is 11.6. The molecule has 0 aliphatic rings. The van der Waals surface area contributed by atoms with E-state index in [0.717, 1.165) is 18.4 Å². The summed E-state index contributed by atoms with van der Waals surface area (Å²) in [6.07, 6.45) is 5.70. The average molecular weight is 292 g/mol. The summed E-state index contributed by atoms with van der Waals surface area (Å²) < 4.78 is 10.8. The van der Waals surface area contributed by atoms with Crippen LogP contribution in [0.4, 0.5) is 0 Å². The van der Waals surface area contributed by atoms with Gasteiger partial charge in [-0.05, 0) is 44.0 Å². The number of benzene rings is 1. The minimum Gasteiger partial charge on any atom is -0.493 e. The van der Waals surface area contributed by atoms with E-state index in [4.69, 9.17) is 15.2 Å². The van der Waals surface area contributed by atoms with Crippen LogP contribution in [0.15, 0.2) is 24.3 Å². The molecule has 21 heavy (non-hydrogen) atoms. The number of hydrogen-bond donors (Lipinski definition) is 2. The number of rotatable bonds is 9. The molecule has 0 atom stereocenters. The van der Waals surface area contributed by atoms with E-state index in [2.05, 4.69) is 5.32 Å². The number of carbonyl (C=O) groups excluding carboxylic acids is 1. The van der Waals surface area contributed by atoms with Gasteiger partial charge in [0.05, 0.1) is 7.11 Å². The van der Waals surface area contributed by atoms with Gasteiger partial charge in [-0.25, -0.2) is 0 Å². The molecule has 3 N–H and O–H groups in total. The van der Waals surface area contributed by atoms with E-state index >= 15 is 0 Å². The first-order valence-corrected chi connectivity index (χ1v) is 7.11. The molecular weight excluding hydrogens is 268 g/mol. The van der Waals surface area contributed by atoms with Crippen LogP contribution < -0.4 is 20.5 Å². The van der Waals surface area contributed by atoms with Crippen LogP contribution in [0.25, 0.3) is 6.08 Å². The van der Waals surface area contributed by atoms with Gasteiger partial charge in [-0.15, -0.1) is 0 Å². The molecule has 1 aromatic carbocycles. The molecule has 1 amide bonds. The van der Waals surface area contributed by atoms with E-state index < -0.39 is 0 Å². The minimum atomic E-state index is -0.147. The molecule has 0 fully saturated rings. The Balaban J connectivity index is 2.49. The zero-order chi connectivity index (χ0) is 15.5. The highest BCUT2D eigenvalue weighted by Crippen LogP contribution is 2.28. The lowest BCUT2D eigenvalue weighted by molar-refractivity contribution is -0.123. The fourth-order valence-electron chi connectivity index (χ4n) is 1.79. The van der Waals surface area contributed by atoms with E-state index in [-0.39, 0.29) is 12.5 Å². The van der Waals surface area contributed by atoms with Crippen LogP contribution in [0.3, 0.4) is 0 Å². The lowest BCUT2D eigenvalue weighted by atomic mass is 10.2. The first-order chi connectivity index (χ1) is 10.2. The number of hydrogen-bond acceptors (Lipinski definition) is 4. The Labute approximate surface area is 126 Å². The van der Waals surface area contributed by atoms with Gasteiger partial charge >= 0.3 is 0 Å². The Morgan fingerprint density at radius 1 is 1.33 bits per heavy atom. The third kappa shape index (κ3) is 6.31. The summed E-state index contributed by atoms with van der Waals surface area (Å²) in [5.41, 5.74) is 6.41. The minimum absolute atomic E-state index is 0.0258. The molecule has 0 aliphatic carbocycles. The lowest BCUT2D eigenvalue weighted by Gasteiger charge is -2.11. The van der Waals surface area contributed by atoms with Crippen LogP contribution in [0.5, 0.6) is 11.5 Å². The summed E-state index contributed by atoms with van der Waals surface area (Å²) in [5.74, 6) is 1.02. The van der Waals surface area contributed by atoms with Gasteiger partial charge in [-0.2, -0.15) is 0 Å². The largest absolute Gasteiger partial charge is 0.493 e. The maximum atomic E-state index is 11.6. The second-order valence-corrected chi connectivity index (χ2v) is 4.54. The molecule has 0 heterocycles. The number of allylic oxidation sites excluding steroid dienone is 1. The fraction of sp³-hybridized carbons (Fsp3) is 0.438. The van der Waals surface area contributed by atoms with Gasteiger partial charge in [-0.3, -0.25) is 4.79 Å². The molecule has 0 radical (unpaired) electrons. The van der Waals surface area contributed by atoms with Crippen molar-refractivity contribution in [1.82, 2.24) is 5.32 Å². The van der Waals surface area contributed by atoms with Crippen molar-refractivity contribution >= 4 is 12.0 Å². The standard InChI is InChI=1S/C16H24N2O3/c1-3-6-13-7-8-14(15(11-13)20-2)21-12-16(19)18-10-5-4-9-17/h3,6-8,11H,4-5,9-10,12,17H2,1-2H3,(H,18,19)/b6-3+. The van der Waals surface area contributed by atoms with Crippen molar-refractivity contribution in [2.24, 2.45) is 5.73 Å². The predicted octanol–water partition coefficient (Wildman–Crippen LogP) is 1.96. The molecule has 1 rings (SSSR count). The Morgan fingerprint density at radius 3 is 2.81 bits per heavy atom. The monoisotopic (exact) mass is 292 g/mol. The number of nitrogens with two attached hydrogens (primary N) is 1. The molecule has 0 spiro atoms. The van der Waals surface area contributed by atoms with E-state index in [9.17, 15) is 4.79 Å². The van der Waals surface area contributed by atoms with Gasteiger partial charge in [0.25, 0.3) is 5.91 Å². The third-order valence-corrected chi connectivity index (χ3v) is 2.86. The highest BCUT2D eigenvalue weighted by atomic mass is 16.5. The number of unbranched alkanes of at least 4 members (excludes halogenated alkanes) is 1. The highest BCUT2D eigenvalue weighted by Gasteiger charge is 2.07. The first-order valence-electron chi connectivity index (χ1n) is 7.11. The lowest BCUT2D eigenvalue weighted by Crippen LogP contribution is -2.30. The quantitative estimate of drug-likeness (QED) is 0.682. The van der Waals surface area contributed by atoms with Crippen LogP contribution in [0.2, 0.25) is 0 Å².